The van der Waals surface area contributed by atoms with E-state index >= 15 is 0 Å². The van der Waals surface area contributed by atoms with E-state index in [-0.39, 0.29) is 0 Å². The van der Waals surface area contributed by atoms with Gasteiger partial charge in [0, 0.05) is 0 Å². The second-order valence-corrected chi connectivity index (χ2v) is 6.64. The van der Waals surface area contributed by atoms with Crippen LogP contribution in [0.15, 0.2) is 0 Å². The fourth-order valence-corrected chi connectivity index (χ4v) is 3.11. The lowest BCUT2D eigenvalue weighted by molar-refractivity contribution is -0.202. The van der Waals surface area contributed by atoms with Gasteiger partial charge in [0.25, 0.3) is 0 Å². The summed E-state index contributed by atoms with van der Waals surface area (Å²) >= 11 is 0. The third kappa shape index (κ3) is 3.23. The fraction of sp³-hybridized carbons (Fsp3) is 1.00. The Labute approximate surface area is 106 Å². The molecular formula is C6H12O11P2. The summed E-state index contributed by atoms with van der Waals surface area (Å²) < 4.78 is 39.7. The molecule has 5 N–H and O–H groups in total. The third-order valence-electron chi connectivity index (χ3n) is 2.61. The second kappa shape index (κ2) is 4.83. The molecule has 5 atom stereocenters. The maximum Gasteiger partial charge on any atom is 0.475 e. The molecule has 0 radical (unpaired) electrons. The number of phosphoric ester groups is 2. The second-order valence-electron chi connectivity index (χ2n) is 4.02. The van der Waals surface area contributed by atoms with E-state index < -0.39 is 53.0 Å². The molecule has 0 aromatic rings. The van der Waals surface area contributed by atoms with Crippen LogP contribution in [-0.2, 0) is 27.4 Å². The van der Waals surface area contributed by atoms with Crippen LogP contribution in [0.25, 0.3) is 0 Å². The lowest BCUT2D eigenvalue weighted by atomic mass is 10.1. The maximum absolute atomic E-state index is 11.1. The van der Waals surface area contributed by atoms with Gasteiger partial charge in [0.2, 0.25) is 5.79 Å². The first-order valence-corrected chi connectivity index (χ1v) is 7.99. The zero-order valence-electron chi connectivity index (χ0n) is 9.23. The van der Waals surface area contributed by atoms with Crippen molar-refractivity contribution >= 4 is 15.6 Å². The van der Waals surface area contributed by atoms with Crippen molar-refractivity contribution in [3.8, 4) is 0 Å². The monoisotopic (exact) mass is 322 g/mol. The molecule has 11 nitrogen and oxygen atoms in total. The molecule has 1 spiro atoms. The summed E-state index contributed by atoms with van der Waals surface area (Å²) in [5.74, 6) is -2.06. The molecule has 0 amide bonds. The predicted octanol–water partition coefficient (Wildman–Crippen LogP) is -1.94. The quantitative estimate of drug-likeness (QED) is 0.366. The van der Waals surface area contributed by atoms with Crippen LogP contribution in [0.4, 0.5) is 0 Å². The van der Waals surface area contributed by atoms with Crippen molar-refractivity contribution in [2.45, 2.75) is 24.1 Å². The Kier molecular flexibility index (Phi) is 3.94. The minimum Gasteiger partial charge on any atom is -0.387 e. The number of phosphoric acid groups is 2. The van der Waals surface area contributed by atoms with Gasteiger partial charge >= 0.3 is 15.6 Å². The van der Waals surface area contributed by atoms with Crippen LogP contribution >= 0.6 is 15.6 Å². The molecule has 2 fully saturated rings. The highest BCUT2D eigenvalue weighted by Crippen LogP contribution is 2.57. The summed E-state index contributed by atoms with van der Waals surface area (Å²) in [4.78, 5) is 26.1. The Hall–Kier alpha value is 0.1000. The molecule has 2 saturated heterocycles. The Balaban J connectivity index is 2.07. The molecule has 1 unspecified atom stereocenters. The number of aliphatic hydroxyl groups is 2. The summed E-state index contributed by atoms with van der Waals surface area (Å²) in [6.45, 7) is -1.37. The minimum atomic E-state index is -4.78. The number of hydrogen-bond donors (Lipinski definition) is 5. The van der Waals surface area contributed by atoms with Gasteiger partial charge in [-0.25, -0.2) is 13.7 Å². The van der Waals surface area contributed by atoms with Gasteiger partial charge in [-0.3, -0.25) is 9.05 Å². The van der Waals surface area contributed by atoms with E-state index in [2.05, 4.69) is 13.6 Å². The van der Waals surface area contributed by atoms with Gasteiger partial charge in [-0.05, 0) is 0 Å². The summed E-state index contributed by atoms with van der Waals surface area (Å²) in [6.07, 6.45) is -4.72. The summed E-state index contributed by atoms with van der Waals surface area (Å²) in [5, 5.41) is 19.4. The largest absolute Gasteiger partial charge is 0.475 e. The molecule has 2 aliphatic rings. The molecule has 0 saturated carbocycles. The lowest BCUT2D eigenvalue weighted by Crippen LogP contribution is -2.44. The Morgan fingerprint density at radius 3 is 2.53 bits per heavy atom. The van der Waals surface area contributed by atoms with Crippen molar-refractivity contribution in [2.75, 3.05) is 13.2 Å². The Morgan fingerprint density at radius 2 is 2.05 bits per heavy atom. The molecule has 13 heteroatoms. The molecule has 19 heavy (non-hydrogen) atoms. The first-order valence-electron chi connectivity index (χ1n) is 4.97. The van der Waals surface area contributed by atoms with Gasteiger partial charge in [0.15, 0.2) is 0 Å². The predicted molar refractivity (Wildman–Crippen MR) is 54.5 cm³/mol. The molecule has 0 aliphatic carbocycles. The van der Waals surface area contributed by atoms with Gasteiger partial charge in [0.1, 0.15) is 24.9 Å². The fourth-order valence-electron chi connectivity index (χ4n) is 1.78. The molecule has 2 heterocycles. The van der Waals surface area contributed by atoms with Gasteiger partial charge in [0.05, 0.1) is 6.61 Å². The van der Waals surface area contributed by atoms with Gasteiger partial charge in [-0.2, -0.15) is 0 Å². The Morgan fingerprint density at radius 1 is 1.42 bits per heavy atom. The van der Waals surface area contributed by atoms with Crippen LogP contribution in [0.3, 0.4) is 0 Å². The van der Waals surface area contributed by atoms with Crippen LogP contribution in [0.2, 0.25) is 0 Å². The number of hydrogen-bond acceptors (Lipinski definition) is 8. The third-order valence-corrected chi connectivity index (χ3v) is 4.09. The minimum absolute atomic E-state index is 0.620. The highest BCUT2D eigenvalue weighted by atomic mass is 31.2. The molecule has 0 bridgehead atoms. The van der Waals surface area contributed by atoms with E-state index in [9.17, 15) is 19.3 Å². The topological polar surface area (TPSA) is 172 Å². The molecular weight excluding hydrogens is 310 g/mol. The average Bonchev–Trinajstić information content (AvgIpc) is 2.68. The van der Waals surface area contributed by atoms with Crippen LogP contribution in [0.1, 0.15) is 0 Å². The highest BCUT2D eigenvalue weighted by Gasteiger charge is 2.63. The maximum atomic E-state index is 11.1. The van der Waals surface area contributed by atoms with Crippen LogP contribution < -0.4 is 0 Å². The van der Waals surface area contributed by atoms with Crippen molar-refractivity contribution in [3.63, 3.8) is 0 Å². The van der Waals surface area contributed by atoms with Crippen LogP contribution in [0, 0.1) is 0 Å². The summed E-state index contributed by atoms with van der Waals surface area (Å²) in [7, 11) is -9.17. The van der Waals surface area contributed by atoms with Crippen molar-refractivity contribution in [2.24, 2.45) is 0 Å². The zero-order chi connectivity index (χ0) is 14.5. The van der Waals surface area contributed by atoms with E-state index in [1.54, 1.807) is 0 Å². The SMILES string of the molecule is O=P(O)(O)OC[C@H]1O[C@]2(COP(=O)(O)O2)[C@H](O)[C@H]1O. The van der Waals surface area contributed by atoms with Gasteiger partial charge in [-0.15, -0.1) is 0 Å². The van der Waals surface area contributed by atoms with Gasteiger partial charge < -0.3 is 29.6 Å². The molecule has 2 rings (SSSR count). The molecule has 112 valence electrons. The zero-order valence-corrected chi connectivity index (χ0v) is 11.0. The van der Waals surface area contributed by atoms with Crippen molar-refractivity contribution in [1.29, 1.82) is 0 Å². The summed E-state index contributed by atoms with van der Waals surface area (Å²) in [6, 6.07) is 0. The van der Waals surface area contributed by atoms with E-state index in [0.717, 1.165) is 0 Å². The molecule has 0 aromatic carbocycles. The standard InChI is InChI=1S/C6H12O11P2/c7-4-3(1-14-18(9,10)11)16-6(5(4)8)2-15-19(12,13)17-6/h3-5,7-8H,1-2H2,(H,12,13)(H2,9,10,11)/t3-,4+,5-,6+/m1/s1. The Bertz CT molecular complexity index is 446. The number of rotatable bonds is 3. The van der Waals surface area contributed by atoms with E-state index in [1.165, 1.54) is 0 Å². The average molecular weight is 322 g/mol. The van der Waals surface area contributed by atoms with E-state index in [0.29, 0.717) is 0 Å². The summed E-state index contributed by atoms with van der Waals surface area (Å²) in [5.41, 5.74) is 0. The smallest absolute Gasteiger partial charge is 0.387 e. The lowest BCUT2D eigenvalue weighted by Gasteiger charge is -2.23. The highest BCUT2D eigenvalue weighted by molar-refractivity contribution is 7.47. The van der Waals surface area contributed by atoms with Gasteiger partial charge in [-0.1, -0.05) is 0 Å². The van der Waals surface area contributed by atoms with E-state index in [1.807, 2.05) is 0 Å². The number of ether oxygens (including phenoxy) is 1. The van der Waals surface area contributed by atoms with Crippen molar-refractivity contribution < 1.29 is 52.3 Å². The van der Waals surface area contributed by atoms with E-state index in [4.69, 9.17) is 19.4 Å². The normalized spacial score (nSPS) is 47.1. The van der Waals surface area contributed by atoms with Crippen molar-refractivity contribution in [3.05, 3.63) is 0 Å². The first-order chi connectivity index (χ1) is 8.55. The number of aliphatic hydroxyl groups excluding tert-OH is 2. The van der Waals surface area contributed by atoms with Crippen LogP contribution in [-0.4, -0.2) is 62.2 Å². The van der Waals surface area contributed by atoms with Crippen LogP contribution in [0.5, 0.6) is 0 Å². The molecule has 2 aliphatic heterocycles. The van der Waals surface area contributed by atoms with Crippen molar-refractivity contribution in [1.82, 2.24) is 0 Å². The molecule has 0 aromatic heterocycles. The first kappa shape index (κ1) is 15.5.